The van der Waals surface area contributed by atoms with E-state index in [1.54, 1.807) is 25.6 Å². The third kappa shape index (κ3) is 5.73. The van der Waals surface area contributed by atoms with E-state index in [1.165, 1.54) is 28.1 Å². The zero-order chi connectivity index (χ0) is 20.7. The first-order valence-electron chi connectivity index (χ1n) is 9.07. The molecule has 0 bridgehead atoms. The second-order valence-corrected chi connectivity index (χ2v) is 9.63. The highest BCUT2D eigenvalue weighted by Crippen LogP contribution is 2.26. The molecule has 2 aromatic carbocycles. The molecule has 8 heteroatoms. The Morgan fingerprint density at radius 2 is 1.75 bits per heavy atom. The van der Waals surface area contributed by atoms with E-state index in [9.17, 15) is 13.2 Å². The predicted octanol–water partition coefficient (Wildman–Crippen LogP) is 4.20. The third-order valence-corrected chi connectivity index (χ3v) is 7.74. The van der Waals surface area contributed by atoms with Gasteiger partial charge in [0.2, 0.25) is 10.0 Å². The number of halogens is 1. The van der Waals surface area contributed by atoms with Crippen molar-refractivity contribution in [3.8, 4) is 0 Å². The molecule has 0 aromatic heterocycles. The summed E-state index contributed by atoms with van der Waals surface area (Å²) in [6, 6.07) is 12.5. The summed E-state index contributed by atoms with van der Waals surface area (Å²) in [5.74, 6) is 0.393. The molecule has 0 fully saturated rings. The number of nitrogens with zero attached hydrogens (tertiary/aromatic N) is 1. The van der Waals surface area contributed by atoms with Gasteiger partial charge in [0.1, 0.15) is 4.90 Å². The summed E-state index contributed by atoms with van der Waals surface area (Å²) in [7, 11) is -3.74. The molecule has 2 aromatic rings. The molecule has 0 heterocycles. The van der Waals surface area contributed by atoms with Gasteiger partial charge < -0.3 is 5.32 Å². The number of hydrogen-bond donors (Lipinski definition) is 1. The largest absolute Gasteiger partial charge is 0.351 e. The molecule has 0 radical (unpaired) electrons. The Hall–Kier alpha value is -1.54. The highest BCUT2D eigenvalue weighted by Gasteiger charge is 2.25. The van der Waals surface area contributed by atoms with Gasteiger partial charge in [-0.15, -0.1) is 11.8 Å². The molecule has 2 rings (SSSR count). The van der Waals surface area contributed by atoms with Gasteiger partial charge in [-0.1, -0.05) is 43.1 Å². The lowest BCUT2D eigenvalue weighted by atomic mass is 10.2. The van der Waals surface area contributed by atoms with Crippen molar-refractivity contribution < 1.29 is 13.2 Å². The van der Waals surface area contributed by atoms with E-state index in [0.717, 1.165) is 4.90 Å². The maximum Gasteiger partial charge on any atom is 0.251 e. The van der Waals surface area contributed by atoms with Crippen molar-refractivity contribution in [2.45, 2.75) is 30.6 Å². The van der Waals surface area contributed by atoms with Crippen molar-refractivity contribution in [2.24, 2.45) is 0 Å². The fourth-order valence-electron chi connectivity index (χ4n) is 2.61. The molecule has 1 N–H and O–H groups in total. The maximum atomic E-state index is 12.7. The van der Waals surface area contributed by atoms with Crippen LogP contribution in [0.25, 0.3) is 0 Å². The van der Waals surface area contributed by atoms with E-state index >= 15 is 0 Å². The fourth-order valence-corrected chi connectivity index (χ4v) is 5.34. The molecule has 0 saturated heterocycles. The average Bonchev–Trinajstić information content (AvgIpc) is 2.67. The first kappa shape index (κ1) is 22.7. The van der Waals surface area contributed by atoms with Gasteiger partial charge in [-0.05, 0) is 37.3 Å². The van der Waals surface area contributed by atoms with Crippen LogP contribution in [0.15, 0.2) is 52.3 Å². The number of thioether (sulfide) groups is 1. The van der Waals surface area contributed by atoms with Crippen LogP contribution in [0.2, 0.25) is 5.02 Å². The van der Waals surface area contributed by atoms with Crippen molar-refractivity contribution in [2.75, 3.05) is 25.4 Å². The number of amides is 1. The second kappa shape index (κ2) is 10.3. The van der Waals surface area contributed by atoms with Crippen molar-refractivity contribution in [3.63, 3.8) is 0 Å². The molecular weight excluding hydrogens is 416 g/mol. The van der Waals surface area contributed by atoms with Crippen LogP contribution in [0.1, 0.15) is 29.8 Å². The summed E-state index contributed by atoms with van der Waals surface area (Å²) in [5, 5.41) is 2.93. The topological polar surface area (TPSA) is 66.5 Å². The maximum absolute atomic E-state index is 12.7. The Balaban J connectivity index is 2.02. The number of hydrogen-bond acceptors (Lipinski definition) is 4. The quantitative estimate of drug-likeness (QED) is 0.468. The lowest BCUT2D eigenvalue weighted by molar-refractivity contribution is 0.0956. The van der Waals surface area contributed by atoms with Crippen LogP contribution in [0.5, 0.6) is 0 Å². The molecule has 152 valence electrons. The molecule has 0 unspecified atom stereocenters. The van der Waals surface area contributed by atoms with Gasteiger partial charge >= 0.3 is 0 Å². The summed E-state index contributed by atoms with van der Waals surface area (Å²) in [6.07, 6.45) is 0. The van der Waals surface area contributed by atoms with Crippen molar-refractivity contribution in [1.82, 2.24) is 9.62 Å². The third-order valence-electron chi connectivity index (χ3n) is 4.19. The van der Waals surface area contributed by atoms with Gasteiger partial charge in [0.25, 0.3) is 5.91 Å². The monoisotopic (exact) mass is 440 g/mol. The van der Waals surface area contributed by atoms with Crippen LogP contribution >= 0.6 is 23.4 Å². The highest BCUT2D eigenvalue weighted by molar-refractivity contribution is 7.99. The molecule has 0 aliphatic rings. The zero-order valence-corrected chi connectivity index (χ0v) is 18.6. The minimum Gasteiger partial charge on any atom is -0.351 e. The molecular formula is C20H25ClN2O3S2. The normalized spacial score (nSPS) is 11.6. The predicted molar refractivity (Wildman–Crippen MR) is 116 cm³/mol. The van der Waals surface area contributed by atoms with E-state index in [4.69, 9.17) is 11.6 Å². The molecule has 0 saturated carbocycles. The Kier molecular flexibility index (Phi) is 8.37. The van der Waals surface area contributed by atoms with Crippen LogP contribution in [0.4, 0.5) is 0 Å². The molecule has 0 spiro atoms. The molecule has 5 nitrogen and oxygen atoms in total. The number of nitrogens with one attached hydrogen (secondary N) is 1. The van der Waals surface area contributed by atoms with E-state index in [1.807, 2.05) is 31.2 Å². The zero-order valence-electron chi connectivity index (χ0n) is 16.2. The first-order valence-corrected chi connectivity index (χ1v) is 11.9. The summed E-state index contributed by atoms with van der Waals surface area (Å²) < 4.78 is 26.8. The average molecular weight is 441 g/mol. The van der Waals surface area contributed by atoms with Crippen LogP contribution in [0, 0.1) is 6.92 Å². The Morgan fingerprint density at radius 3 is 2.36 bits per heavy atom. The van der Waals surface area contributed by atoms with Crippen LogP contribution in [0.3, 0.4) is 0 Å². The fraction of sp³-hybridized carbons (Fsp3) is 0.350. The van der Waals surface area contributed by atoms with Gasteiger partial charge in [-0.25, -0.2) is 8.42 Å². The van der Waals surface area contributed by atoms with E-state index < -0.39 is 10.0 Å². The van der Waals surface area contributed by atoms with Crippen molar-refractivity contribution in [1.29, 1.82) is 0 Å². The molecule has 0 aliphatic carbocycles. The number of sulfonamides is 1. The Bertz CT molecular complexity index is 912. The minimum absolute atomic E-state index is 0.0421. The number of benzene rings is 2. The number of rotatable bonds is 9. The van der Waals surface area contributed by atoms with Gasteiger partial charge in [0.15, 0.2) is 0 Å². The lowest BCUT2D eigenvalue weighted by Crippen LogP contribution is -2.31. The van der Waals surface area contributed by atoms with Gasteiger partial charge in [-0.3, -0.25) is 4.79 Å². The highest BCUT2D eigenvalue weighted by atomic mass is 35.5. The Labute approximate surface area is 176 Å². The summed E-state index contributed by atoms with van der Waals surface area (Å²) in [5.41, 5.74) is 1.48. The first-order chi connectivity index (χ1) is 13.3. The van der Waals surface area contributed by atoms with Gasteiger partial charge in [0.05, 0.1) is 5.02 Å². The summed E-state index contributed by atoms with van der Waals surface area (Å²) in [4.78, 5) is 13.5. The standard InChI is InChI=1S/C20H25ClN2O3S2/c1-4-23(5-2)28(25,26)19-14-16(8-11-18(19)21)20(24)22-12-13-27-17-9-6-15(3)7-10-17/h6-11,14H,4-5,12-13H2,1-3H3,(H,22,24). The molecule has 0 aliphatic heterocycles. The molecule has 0 atom stereocenters. The number of carbonyl (C=O) groups excluding carboxylic acids is 1. The number of aryl methyl sites for hydroxylation is 1. The van der Waals surface area contributed by atoms with Crippen LogP contribution in [-0.4, -0.2) is 44.0 Å². The summed E-state index contributed by atoms with van der Waals surface area (Å²) >= 11 is 7.76. The molecule has 28 heavy (non-hydrogen) atoms. The van der Waals surface area contributed by atoms with Crippen molar-refractivity contribution in [3.05, 3.63) is 58.6 Å². The van der Waals surface area contributed by atoms with E-state index in [2.05, 4.69) is 5.32 Å². The van der Waals surface area contributed by atoms with Crippen LogP contribution in [-0.2, 0) is 10.0 Å². The van der Waals surface area contributed by atoms with Gasteiger partial charge in [0, 0.05) is 35.8 Å². The number of carbonyl (C=O) groups is 1. The van der Waals surface area contributed by atoms with Gasteiger partial charge in [-0.2, -0.15) is 4.31 Å². The molecule has 1 amide bonds. The SMILES string of the molecule is CCN(CC)S(=O)(=O)c1cc(C(=O)NCCSc2ccc(C)cc2)ccc1Cl. The Morgan fingerprint density at radius 1 is 1.11 bits per heavy atom. The minimum atomic E-state index is -3.74. The lowest BCUT2D eigenvalue weighted by Gasteiger charge is -2.19. The van der Waals surface area contributed by atoms with E-state index in [0.29, 0.717) is 25.4 Å². The van der Waals surface area contributed by atoms with E-state index in [-0.39, 0.29) is 21.4 Å². The van der Waals surface area contributed by atoms with Crippen LogP contribution < -0.4 is 5.32 Å². The summed E-state index contributed by atoms with van der Waals surface area (Å²) in [6.45, 7) is 6.70. The van der Waals surface area contributed by atoms with Crippen molar-refractivity contribution >= 4 is 39.3 Å². The smallest absolute Gasteiger partial charge is 0.251 e. The second-order valence-electron chi connectivity index (χ2n) is 6.15.